The van der Waals surface area contributed by atoms with Crippen molar-refractivity contribution >= 4 is 51.1 Å². The molecule has 45 heavy (non-hydrogen) atoms. The Balaban J connectivity index is 1.33. The summed E-state index contributed by atoms with van der Waals surface area (Å²) in [6.07, 6.45) is 1.29. The van der Waals surface area contributed by atoms with E-state index in [-0.39, 0.29) is 16.2 Å². The van der Waals surface area contributed by atoms with Gasteiger partial charge in [0.25, 0.3) is 15.9 Å². The summed E-state index contributed by atoms with van der Waals surface area (Å²) in [5.41, 5.74) is 6.48. The minimum Gasteiger partial charge on any atom is -0.478 e. The number of benzene rings is 4. The van der Waals surface area contributed by atoms with Crippen molar-refractivity contribution in [1.82, 2.24) is 10.1 Å². The van der Waals surface area contributed by atoms with E-state index >= 15 is 0 Å². The first kappa shape index (κ1) is 31.5. The summed E-state index contributed by atoms with van der Waals surface area (Å²) in [7, 11) is -4.15. The maximum atomic E-state index is 13.6. The number of hydrogen-bond acceptors (Lipinski definition) is 7. The van der Waals surface area contributed by atoms with Gasteiger partial charge in [0.15, 0.2) is 5.71 Å². The van der Waals surface area contributed by atoms with Crippen LogP contribution in [-0.2, 0) is 27.7 Å². The van der Waals surface area contributed by atoms with Crippen molar-refractivity contribution < 1.29 is 27.9 Å². The second-order valence-electron chi connectivity index (χ2n) is 10.3. The van der Waals surface area contributed by atoms with Gasteiger partial charge >= 0.3 is 12.0 Å². The summed E-state index contributed by atoms with van der Waals surface area (Å²) in [5, 5.41) is 13.2. The molecule has 0 aliphatic carbocycles. The van der Waals surface area contributed by atoms with Crippen LogP contribution in [0.5, 0.6) is 0 Å². The van der Waals surface area contributed by atoms with Gasteiger partial charge in [-0.25, -0.2) is 28.2 Å². The molecule has 4 aromatic rings. The number of thioether (sulfide) groups is 1. The minimum atomic E-state index is -4.15. The number of nitrogens with zero attached hydrogens (tertiary/aromatic N) is 2. The lowest BCUT2D eigenvalue weighted by atomic mass is 10.1. The Morgan fingerprint density at radius 1 is 0.889 bits per heavy atom. The predicted molar refractivity (Wildman–Crippen MR) is 173 cm³/mol. The van der Waals surface area contributed by atoms with Gasteiger partial charge in [-0.05, 0) is 73.4 Å². The van der Waals surface area contributed by atoms with E-state index in [1.807, 2.05) is 60.2 Å². The van der Waals surface area contributed by atoms with Crippen LogP contribution in [0.4, 0.5) is 10.5 Å². The van der Waals surface area contributed by atoms with E-state index in [0.29, 0.717) is 36.4 Å². The average Bonchev–Trinajstić information content (AvgIpc) is 3.29. The quantitative estimate of drug-likeness (QED) is 0.154. The summed E-state index contributed by atoms with van der Waals surface area (Å²) >= 11 is 1.56. The summed E-state index contributed by atoms with van der Waals surface area (Å²) in [4.78, 5) is 39.7. The largest absolute Gasteiger partial charge is 0.478 e. The first-order valence-electron chi connectivity index (χ1n) is 14.0. The van der Waals surface area contributed by atoms with E-state index in [4.69, 9.17) is 5.11 Å². The molecule has 0 radical (unpaired) electrons. The zero-order valence-electron chi connectivity index (χ0n) is 24.3. The van der Waals surface area contributed by atoms with E-state index in [1.165, 1.54) is 12.1 Å². The smallest absolute Gasteiger partial charge is 0.349 e. The Bertz CT molecular complexity index is 1860. The second kappa shape index (κ2) is 13.8. The lowest BCUT2D eigenvalue weighted by molar-refractivity contribution is -0.112. The molecule has 0 aromatic heterocycles. The van der Waals surface area contributed by atoms with E-state index in [1.54, 1.807) is 53.1 Å². The van der Waals surface area contributed by atoms with Gasteiger partial charge in [-0.15, -0.1) is 11.8 Å². The summed E-state index contributed by atoms with van der Waals surface area (Å²) in [5.74, 6) is -0.692. The molecule has 10 nitrogen and oxygen atoms in total. The maximum Gasteiger partial charge on any atom is 0.349 e. The third-order valence-electron chi connectivity index (χ3n) is 7.12. The highest BCUT2D eigenvalue weighted by Crippen LogP contribution is 2.33. The molecular weight excluding hydrogens is 613 g/mol. The van der Waals surface area contributed by atoms with Crippen LogP contribution in [0.15, 0.2) is 112 Å². The van der Waals surface area contributed by atoms with Crippen molar-refractivity contribution in [3.8, 4) is 0 Å². The van der Waals surface area contributed by atoms with Crippen molar-refractivity contribution in [2.45, 2.75) is 29.6 Å². The fourth-order valence-corrected chi connectivity index (χ4v) is 6.57. The maximum absolute atomic E-state index is 13.6. The zero-order valence-corrected chi connectivity index (χ0v) is 25.9. The van der Waals surface area contributed by atoms with E-state index in [9.17, 15) is 22.8 Å². The number of rotatable bonds is 11. The standard InChI is InChI=1S/C33H30N4O6S2/c1-22-7-14-27(15-8-22)45(42,43)36-33(41)35-34-30-28-21-26(44-20-18-24-9-11-25(12-10-24)32(39)40)13-16-29(28)37(31(30)38)19-17-23-5-3-2-4-6-23/h2-16,21H,17-20H2,1H3,(H,39,40)(H2,35,36,41). The molecular formula is C33H30N4O6S2. The fourth-order valence-electron chi connectivity index (χ4n) is 4.73. The highest BCUT2D eigenvalue weighted by molar-refractivity contribution is 7.99. The number of nitrogens with one attached hydrogen (secondary N) is 2. The number of urea groups is 1. The van der Waals surface area contributed by atoms with E-state index in [2.05, 4.69) is 10.5 Å². The van der Waals surface area contributed by atoms with Crippen molar-refractivity contribution in [2.75, 3.05) is 17.2 Å². The molecule has 1 heterocycles. The average molecular weight is 643 g/mol. The Labute approximate surface area is 265 Å². The van der Waals surface area contributed by atoms with Gasteiger partial charge in [0.2, 0.25) is 0 Å². The van der Waals surface area contributed by atoms with Crippen LogP contribution in [0, 0.1) is 6.92 Å². The summed E-state index contributed by atoms with van der Waals surface area (Å²) in [6, 6.07) is 27.0. The first-order valence-corrected chi connectivity index (χ1v) is 16.5. The second-order valence-corrected chi connectivity index (χ2v) is 13.1. The van der Waals surface area contributed by atoms with Crippen LogP contribution in [0.3, 0.4) is 0 Å². The molecule has 0 atom stereocenters. The van der Waals surface area contributed by atoms with Gasteiger partial charge in [0, 0.05) is 22.8 Å². The molecule has 0 saturated carbocycles. The number of anilines is 1. The number of carboxylic acids is 1. The Morgan fingerprint density at radius 2 is 1.58 bits per heavy atom. The van der Waals surface area contributed by atoms with Crippen molar-refractivity contribution in [3.05, 3.63) is 125 Å². The van der Waals surface area contributed by atoms with Gasteiger partial charge in [0.1, 0.15) is 0 Å². The monoisotopic (exact) mass is 642 g/mol. The number of carbonyl (C=O) groups excluding carboxylic acids is 2. The molecule has 1 aliphatic heterocycles. The fraction of sp³-hybridized carbons (Fsp3) is 0.152. The molecule has 12 heteroatoms. The normalized spacial score (nSPS) is 13.5. The number of fused-ring (bicyclic) bond motifs is 1. The molecule has 1 aliphatic rings. The molecule has 230 valence electrons. The number of aryl methyl sites for hydroxylation is 2. The third-order valence-corrected chi connectivity index (χ3v) is 9.46. The van der Waals surface area contributed by atoms with Crippen LogP contribution in [0.2, 0.25) is 0 Å². The van der Waals surface area contributed by atoms with Gasteiger partial charge in [0.05, 0.1) is 16.1 Å². The van der Waals surface area contributed by atoms with Crippen molar-refractivity contribution in [2.24, 2.45) is 5.10 Å². The molecule has 4 aromatic carbocycles. The Morgan fingerprint density at radius 3 is 2.27 bits per heavy atom. The molecule has 0 bridgehead atoms. The molecule has 0 fully saturated rings. The van der Waals surface area contributed by atoms with Crippen molar-refractivity contribution in [3.63, 3.8) is 0 Å². The lowest BCUT2D eigenvalue weighted by Crippen LogP contribution is -2.38. The highest BCUT2D eigenvalue weighted by atomic mass is 32.2. The molecule has 5 rings (SSSR count). The summed E-state index contributed by atoms with van der Waals surface area (Å²) < 4.78 is 27.2. The van der Waals surface area contributed by atoms with E-state index in [0.717, 1.165) is 21.6 Å². The number of hydrazone groups is 1. The molecule has 3 amide bonds. The van der Waals surface area contributed by atoms with Crippen molar-refractivity contribution in [1.29, 1.82) is 0 Å². The number of carbonyl (C=O) groups is 3. The molecule has 0 saturated heterocycles. The minimum absolute atomic E-state index is 0.00680. The SMILES string of the molecule is Cc1ccc(S(=O)(=O)NC(=O)NN=C2C(=O)N(CCc3ccccc3)c3ccc(SCCc4ccc(C(=O)O)cc4)cc32)cc1. The lowest BCUT2D eigenvalue weighted by Gasteiger charge is -2.17. The number of aromatic carboxylic acids is 1. The van der Waals surface area contributed by atoms with Gasteiger partial charge in [-0.3, -0.25) is 4.79 Å². The van der Waals surface area contributed by atoms with Gasteiger partial charge in [-0.2, -0.15) is 5.10 Å². The molecule has 0 unspecified atom stereocenters. The highest BCUT2D eigenvalue weighted by Gasteiger charge is 2.34. The first-order chi connectivity index (χ1) is 21.6. The number of amides is 3. The molecule has 0 spiro atoms. The van der Waals surface area contributed by atoms with Crippen LogP contribution < -0.4 is 15.0 Å². The van der Waals surface area contributed by atoms with E-state index < -0.39 is 27.9 Å². The van der Waals surface area contributed by atoms with Crippen LogP contribution in [0.25, 0.3) is 0 Å². The predicted octanol–water partition coefficient (Wildman–Crippen LogP) is 5.01. The number of hydrogen-bond donors (Lipinski definition) is 3. The van der Waals surface area contributed by atoms with Crippen LogP contribution >= 0.6 is 11.8 Å². The van der Waals surface area contributed by atoms with Gasteiger partial charge < -0.3 is 10.0 Å². The zero-order chi connectivity index (χ0) is 32.0. The Hall–Kier alpha value is -4.94. The number of sulfonamides is 1. The third kappa shape index (κ3) is 7.78. The Kier molecular flexibility index (Phi) is 9.65. The topological polar surface area (TPSA) is 145 Å². The van der Waals surface area contributed by atoms with Crippen LogP contribution in [-0.4, -0.2) is 49.4 Å². The van der Waals surface area contributed by atoms with Crippen LogP contribution in [0.1, 0.15) is 32.6 Å². The summed E-state index contributed by atoms with van der Waals surface area (Å²) in [6.45, 7) is 2.19. The molecule has 3 N–H and O–H groups in total. The van der Waals surface area contributed by atoms with Gasteiger partial charge in [-0.1, -0.05) is 60.2 Å². The number of carboxylic acid groups (broad SMARTS) is 1.